The summed E-state index contributed by atoms with van der Waals surface area (Å²) >= 11 is 6.77. The number of piperidine rings is 1. The molecule has 3 heterocycles. The van der Waals surface area contributed by atoms with Crippen molar-refractivity contribution in [1.29, 1.82) is 0 Å². The Labute approximate surface area is 213 Å². The molecule has 1 amide bonds. The van der Waals surface area contributed by atoms with E-state index in [0.717, 1.165) is 26.0 Å². The Bertz CT molecular complexity index is 1390. The molecule has 1 aliphatic heterocycles. The fourth-order valence-electron chi connectivity index (χ4n) is 4.34. The Balaban J connectivity index is 1.79. The van der Waals surface area contributed by atoms with E-state index in [-0.39, 0.29) is 27.5 Å². The summed E-state index contributed by atoms with van der Waals surface area (Å²) in [6.45, 7) is 1.54. The average molecular weight is 544 g/mol. The van der Waals surface area contributed by atoms with Crippen molar-refractivity contribution in [2.24, 2.45) is 0 Å². The number of thiophene rings is 1. The van der Waals surface area contributed by atoms with Crippen molar-refractivity contribution in [3.05, 3.63) is 66.1 Å². The number of aryl methyl sites for hydroxylation is 3. The van der Waals surface area contributed by atoms with E-state index in [1.54, 1.807) is 36.1 Å². The van der Waals surface area contributed by atoms with Crippen LogP contribution in [-0.4, -0.2) is 50.4 Å². The van der Waals surface area contributed by atoms with Gasteiger partial charge >= 0.3 is 11.9 Å². The van der Waals surface area contributed by atoms with Crippen LogP contribution in [0.25, 0.3) is 10.2 Å². The van der Waals surface area contributed by atoms with Crippen molar-refractivity contribution in [2.45, 2.75) is 58.0 Å². The molecule has 1 aromatic carbocycles. The van der Waals surface area contributed by atoms with Crippen LogP contribution >= 0.6 is 22.9 Å². The molecule has 0 radical (unpaired) electrons. The Morgan fingerprint density at radius 3 is 2.36 bits per heavy atom. The summed E-state index contributed by atoms with van der Waals surface area (Å²) in [6.07, 6.45) is -5.11. The smallest absolute Gasteiger partial charge is 0.390 e. The summed E-state index contributed by atoms with van der Waals surface area (Å²) < 4.78 is 41.1. The lowest BCUT2D eigenvalue weighted by atomic mass is 10.1. The van der Waals surface area contributed by atoms with Gasteiger partial charge in [0.2, 0.25) is 0 Å². The highest BCUT2D eigenvalue weighted by Crippen LogP contribution is 2.31. The molecule has 2 aromatic heterocycles. The quantitative estimate of drug-likeness (QED) is 0.510. The van der Waals surface area contributed by atoms with Gasteiger partial charge in [-0.25, -0.2) is 4.79 Å². The first-order chi connectivity index (χ1) is 17.0. The number of fused-ring (bicyclic) bond motifs is 1. The van der Waals surface area contributed by atoms with Gasteiger partial charge in [-0.3, -0.25) is 18.7 Å². The van der Waals surface area contributed by atoms with Crippen LogP contribution in [0.4, 0.5) is 13.2 Å². The molecule has 0 bridgehead atoms. The normalized spacial score (nSPS) is 15.1. The second-order valence-corrected chi connectivity index (χ2v) is 10.3. The van der Waals surface area contributed by atoms with E-state index in [4.69, 9.17) is 11.6 Å². The van der Waals surface area contributed by atoms with Crippen molar-refractivity contribution >= 4 is 39.1 Å². The van der Waals surface area contributed by atoms with Gasteiger partial charge in [0.15, 0.2) is 0 Å². The van der Waals surface area contributed by atoms with Crippen molar-refractivity contribution in [3.63, 3.8) is 0 Å². The molecule has 1 fully saturated rings. The average Bonchev–Trinajstić information content (AvgIpc) is 3.16. The molecule has 36 heavy (non-hydrogen) atoms. The zero-order valence-electron chi connectivity index (χ0n) is 19.5. The van der Waals surface area contributed by atoms with Crippen LogP contribution < -0.4 is 11.2 Å². The third kappa shape index (κ3) is 5.52. The molecule has 0 unspecified atom stereocenters. The van der Waals surface area contributed by atoms with E-state index in [2.05, 4.69) is 0 Å². The number of hydrogen-bond acceptors (Lipinski definition) is 5. The lowest BCUT2D eigenvalue weighted by Crippen LogP contribution is -2.41. The van der Waals surface area contributed by atoms with Gasteiger partial charge < -0.3 is 10.0 Å². The van der Waals surface area contributed by atoms with E-state index in [9.17, 15) is 32.7 Å². The molecule has 12 heteroatoms. The molecule has 4 rings (SSSR count). The first kappa shape index (κ1) is 26.4. The Hall–Kier alpha value is -2.63. The molecular formula is C24H25ClF3N3O4S. The molecule has 1 N–H and O–H groups in total. The van der Waals surface area contributed by atoms with Gasteiger partial charge in [-0.15, -0.1) is 11.3 Å². The number of hydrogen-bond donors (Lipinski definition) is 1. The van der Waals surface area contributed by atoms with Gasteiger partial charge in [0, 0.05) is 31.2 Å². The summed E-state index contributed by atoms with van der Waals surface area (Å²) in [5.41, 5.74) is -0.323. The lowest BCUT2D eigenvalue weighted by Gasteiger charge is -2.29. The number of nitrogens with zero attached hydrogens (tertiary/aromatic N) is 3. The minimum absolute atomic E-state index is 0.0379. The zero-order valence-corrected chi connectivity index (χ0v) is 21.0. The lowest BCUT2D eigenvalue weighted by molar-refractivity contribution is -0.136. The Morgan fingerprint density at radius 1 is 1.11 bits per heavy atom. The maximum atomic E-state index is 13.4. The molecule has 0 spiro atoms. The minimum atomic E-state index is -4.50. The number of alkyl halides is 3. The number of amides is 1. The van der Waals surface area contributed by atoms with Crippen LogP contribution in [0.5, 0.6) is 0 Å². The summed E-state index contributed by atoms with van der Waals surface area (Å²) in [7, 11) is 0. The number of carbonyl (C=O) groups excluding carboxylic acids is 1. The Morgan fingerprint density at radius 2 is 1.75 bits per heavy atom. The third-order valence-corrected chi connectivity index (χ3v) is 7.95. The number of likely N-dealkylation sites (tertiary alicyclic amines) is 1. The number of halogens is 4. The van der Waals surface area contributed by atoms with Gasteiger partial charge in [0.1, 0.15) is 4.83 Å². The highest BCUT2D eigenvalue weighted by Gasteiger charge is 2.31. The SMILES string of the molecule is Cc1c(C(=O)N2CCC(O)CC2)sc2c1c(=O)n(CCc1ccc(Cl)cc1)c(=O)n2CCC(F)(F)F. The first-order valence-electron chi connectivity index (χ1n) is 11.5. The molecule has 0 aliphatic carbocycles. The van der Waals surface area contributed by atoms with Gasteiger partial charge in [0.05, 0.1) is 22.8 Å². The third-order valence-electron chi connectivity index (χ3n) is 6.40. The largest absolute Gasteiger partial charge is 0.393 e. The summed E-state index contributed by atoms with van der Waals surface area (Å²) in [5.74, 6) is -0.359. The van der Waals surface area contributed by atoms with Crippen molar-refractivity contribution in [1.82, 2.24) is 14.0 Å². The first-order valence-corrected chi connectivity index (χ1v) is 12.7. The number of aliphatic hydroxyl groups excluding tert-OH is 1. The van der Waals surface area contributed by atoms with Crippen molar-refractivity contribution < 1.29 is 23.1 Å². The fourth-order valence-corrected chi connectivity index (χ4v) is 5.75. The zero-order chi connectivity index (χ0) is 26.2. The predicted octanol–water partition coefficient (Wildman–Crippen LogP) is 3.98. The molecule has 1 saturated heterocycles. The van der Waals surface area contributed by atoms with Crippen LogP contribution in [0.1, 0.15) is 40.1 Å². The van der Waals surface area contributed by atoms with Crippen LogP contribution in [-0.2, 0) is 19.5 Å². The van der Waals surface area contributed by atoms with E-state index >= 15 is 0 Å². The van der Waals surface area contributed by atoms with Crippen LogP contribution in [0.15, 0.2) is 33.9 Å². The maximum absolute atomic E-state index is 13.4. The molecule has 3 aromatic rings. The number of aromatic nitrogens is 2. The van der Waals surface area contributed by atoms with E-state index < -0.39 is 36.5 Å². The van der Waals surface area contributed by atoms with Gasteiger partial charge in [-0.05, 0) is 49.4 Å². The van der Waals surface area contributed by atoms with Gasteiger partial charge in [-0.1, -0.05) is 23.7 Å². The molecule has 0 atom stereocenters. The fraction of sp³-hybridized carbons (Fsp3) is 0.458. The van der Waals surface area contributed by atoms with Gasteiger partial charge in [-0.2, -0.15) is 13.2 Å². The number of aliphatic hydroxyl groups is 1. The minimum Gasteiger partial charge on any atom is -0.393 e. The summed E-state index contributed by atoms with van der Waals surface area (Å²) in [6, 6.07) is 6.84. The molecule has 7 nitrogen and oxygen atoms in total. The number of rotatable bonds is 6. The van der Waals surface area contributed by atoms with E-state index in [1.165, 1.54) is 0 Å². The molecule has 194 valence electrons. The number of benzene rings is 1. The van der Waals surface area contributed by atoms with Crippen LogP contribution in [0.3, 0.4) is 0 Å². The van der Waals surface area contributed by atoms with E-state index in [0.29, 0.717) is 42.9 Å². The molecular weight excluding hydrogens is 519 g/mol. The second kappa shape index (κ2) is 10.4. The summed E-state index contributed by atoms with van der Waals surface area (Å²) in [4.78, 5) is 41.7. The Kier molecular flexibility index (Phi) is 7.63. The van der Waals surface area contributed by atoms with Crippen molar-refractivity contribution in [2.75, 3.05) is 13.1 Å². The predicted molar refractivity (Wildman–Crippen MR) is 132 cm³/mol. The number of carbonyl (C=O) groups is 1. The van der Waals surface area contributed by atoms with Crippen LogP contribution in [0, 0.1) is 6.92 Å². The van der Waals surface area contributed by atoms with E-state index in [1.807, 2.05) is 0 Å². The molecule has 1 aliphatic rings. The highest BCUT2D eigenvalue weighted by molar-refractivity contribution is 7.20. The highest BCUT2D eigenvalue weighted by atomic mass is 35.5. The topological polar surface area (TPSA) is 84.5 Å². The standard InChI is InChI=1S/C24H25ClF3N3O4S/c1-14-18-20(33)30(12-6-15-2-4-16(25)5-3-15)23(35)31(13-9-24(26,27)28)22(18)36-19(14)21(34)29-10-7-17(32)8-11-29/h2-5,17,32H,6-13H2,1H3. The second-order valence-electron chi connectivity index (χ2n) is 8.89. The molecule has 0 saturated carbocycles. The summed E-state index contributed by atoms with van der Waals surface area (Å²) in [5, 5.41) is 10.3. The van der Waals surface area contributed by atoms with Crippen molar-refractivity contribution in [3.8, 4) is 0 Å². The van der Waals surface area contributed by atoms with Crippen LogP contribution in [0.2, 0.25) is 5.02 Å². The van der Waals surface area contributed by atoms with Gasteiger partial charge in [0.25, 0.3) is 11.5 Å². The maximum Gasteiger partial charge on any atom is 0.390 e. The monoisotopic (exact) mass is 543 g/mol.